The number of carbonyl (C=O) groups excluding carboxylic acids is 1. The van der Waals surface area contributed by atoms with Gasteiger partial charge in [-0.2, -0.15) is 0 Å². The number of likely N-dealkylation sites (tertiary alicyclic amines) is 2. The maximum absolute atomic E-state index is 12.7. The number of nitrogens with zero attached hydrogens (tertiary/aromatic N) is 2. The van der Waals surface area contributed by atoms with Crippen molar-refractivity contribution in [3.63, 3.8) is 0 Å². The minimum Gasteiger partial charge on any atom is -0.388 e. The number of piperidine rings is 1. The van der Waals surface area contributed by atoms with Gasteiger partial charge in [0.2, 0.25) is 5.91 Å². The summed E-state index contributed by atoms with van der Waals surface area (Å²) in [5.41, 5.74) is 0. The van der Waals surface area contributed by atoms with Crippen molar-refractivity contribution < 1.29 is 9.90 Å². The van der Waals surface area contributed by atoms with Gasteiger partial charge in [0.05, 0.1) is 12.6 Å². The number of hydrogen-bond acceptors (Lipinski definition) is 4. The molecule has 1 N–H and O–H groups in total. The zero-order chi connectivity index (χ0) is 16.8. The molecule has 0 radical (unpaired) electrons. The van der Waals surface area contributed by atoms with E-state index >= 15 is 0 Å². The molecule has 1 aromatic heterocycles. The van der Waals surface area contributed by atoms with Gasteiger partial charge in [-0.15, -0.1) is 11.3 Å². The molecule has 1 amide bonds. The van der Waals surface area contributed by atoms with Gasteiger partial charge in [-0.3, -0.25) is 9.69 Å². The minimum atomic E-state index is -0.402. The van der Waals surface area contributed by atoms with E-state index in [2.05, 4.69) is 4.90 Å². The summed E-state index contributed by atoms with van der Waals surface area (Å²) < 4.78 is 0. The predicted octanol–water partition coefficient (Wildman–Crippen LogP) is 3.43. The smallest absolute Gasteiger partial charge is 0.236 e. The molecule has 2 fully saturated rings. The Kier molecular flexibility index (Phi) is 6.69. The van der Waals surface area contributed by atoms with Crippen molar-refractivity contribution in [2.75, 3.05) is 26.2 Å². The van der Waals surface area contributed by atoms with E-state index < -0.39 is 6.10 Å². The molecule has 0 spiro atoms. The van der Waals surface area contributed by atoms with E-state index in [4.69, 9.17) is 0 Å². The molecule has 2 aliphatic rings. The van der Waals surface area contributed by atoms with E-state index in [1.54, 1.807) is 11.3 Å². The first-order valence-electron chi connectivity index (χ1n) is 9.47. The van der Waals surface area contributed by atoms with Crippen LogP contribution >= 0.6 is 11.3 Å². The monoisotopic (exact) mass is 350 g/mol. The Morgan fingerprint density at radius 1 is 1.17 bits per heavy atom. The summed E-state index contributed by atoms with van der Waals surface area (Å²) in [4.78, 5) is 18.1. The quantitative estimate of drug-likeness (QED) is 0.885. The van der Waals surface area contributed by atoms with Crippen LogP contribution in [-0.2, 0) is 4.79 Å². The van der Waals surface area contributed by atoms with Crippen LogP contribution in [0.3, 0.4) is 0 Å². The van der Waals surface area contributed by atoms with E-state index in [9.17, 15) is 9.90 Å². The van der Waals surface area contributed by atoms with Crippen molar-refractivity contribution in [2.24, 2.45) is 0 Å². The number of amides is 1. The lowest BCUT2D eigenvalue weighted by Crippen LogP contribution is -2.46. The fourth-order valence-corrected chi connectivity index (χ4v) is 4.71. The van der Waals surface area contributed by atoms with Gasteiger partial charge in [0.1, 0.15) is 0 Å². The Bertz CT molecular complexity index is 499. The van der Waals surface area contributed by atoms with Gasteiger partial charge in [0.15, 0.2) is 0 Å². The molecule has 5 heteroatoms. The fourth-order valence-electron chi connectivity index (χ4n) is 3.98. The number of rotatable bonds is 5. The lowest BCUT2D eigenvalue weighted by atomic mass is 10.0. The Morgan fingerprint density at radius 2 is 1.92 bits per heavy atom. The lowest BCUT2D eigenvalue weighted by Gasteiger charge is -2.34. The van der Waals surface area contributed by atoms with Crippen LogP contribution in [0.15, 0.2) is 17.5 Å². The SMILES string of the molecule is O=C(CN1CCCCCC1CC(O)c1cccs1)N1CCCCC1. The molecule has 0 aliphatic carbocycles. The highest BCUT2D eigenvalue weighted by molar-refractivity contribution is 7.10. The Hall–Kier alpha value is -0.910. The van der Waals surface area contributed by atoms with E-state index in [-0.39, 0.29) is 5.91 Å². The van der Waals surface area contributed by atoms with Crippen LogP contribution in [0, 0.1) is 0 Å². The topological polar surface area (TPSA) is 43.8 Å². The maximum Gasteiger partial charge on any atom is 0.236 e. The van der Waals surface area contributed by atoms with Crippen LogP contribution in [0.2, 0.25) is 0 Å². The van der Waals surface area contributed by atoms with Crippen molar-refractivity contribution in [3.8, 4) is 0 Å². The van der Waals surface area contributed by atoms with Gasteiger partial charge >= 0.3 is 0 Å². The molecule has 134 valence electrons. The number of thiophene rings is 1. The highest BCUT2D eigenvalue weighted by Crippen LogP contribution is 2.28. The van der Waals surface area contributed by atoms with Gasteiger partial charge in [-0.05, 0) is 56.5 Å². The Morgan fingerprint density at radius 3 is 2.67 bits per heavy atom. The first kappa shape index (κ1) is 17.9. The molecule has 24 heavy (non-hydrogen) atoms. The minimum absolute atomic E-state index is 0.284. The van der Waals surface area contributed by atoms with Crippen LogP contribution < -0.4 is 0 Å². The third-order valence-corrected chi connectivity index (χ3v) is 6.39. The zero-order valence-corrected chi connectivity index (χ0v) is 15.3. The van der Waals surface area contributed by atoms with E-state index in [0.717, 1.165) is 50.2 Å². The molecule has 3 rings (SSSR count). The molecular formula is C19H30N2O2S. The second kappa shape index (κ2) is 8.97. The van der Waals surface area contributed by atoms with Crippen LogP contribution in [-0.4, -0.2) is 53.0 Å². The Balaban J connectivity index is 1.60. The van der Waals surface area contributed by atoms with Gasteiger partial charge in [-0.1, -0.05) is 18.9 Å². The second-order valence-corrected chi connectivity index (χ2v) is 8.16. The molecule has 2 aliphatic heterocycles. The summed E-state index contributed by atoms with van der Waals surface area (Å²) in [6, 6.07) is 4.32. The lowest BCUT2D eigenvalue weighted by molar-refractivity contribution is -0.134. The number of aliphatic hydroxyl groups excluding tert-OH is 1. The summed E-state index contributed by atoms with van der Waals surface area (Å²) >= 11 is 1.62. The standard InChI is InChI=1S/C19H30N2O2S/c22-17(18-9-7-13-24-18)14-16-8-3-1-4-12-21(16)15-19(23)20-10-5-2-6-11-20/h7,9,13,16-17,22H,1-6,8,10-12,14-15H2. The predicted molar refractivity (Wildman–Crippen MR) is 98.2 cm³/mol. The summed E-state index contributed by atoms with van der Waals surface area (Å²) in [6.07, 6.45) is 8.58. The van der Waals surface area contributed by atoms with E-state index in [0.29, 0.717) is 12.6 Å². The average molecular weight is 351 g/mol. The highest BCUT2D eigenvalue weighted by atomic mass is 32.1. The van der Waals surface area contributed by atoms with Gasteiger partial charge in [0.25, 0.3) is 0 Å². The van der Waals surface area contributed by atoms with Crippen LogP contribution in [0.25, 0.3) is 0 Å². The summed E-state index contributed by atoms with van der Waals surface area (Å²) in [5, 5.41) is 12.6. The van der Waals surface area contributed by atoms with Gasteiger partial charge < -0.3 is 10.0 Å². The molecule has 4 nitrogen and oxygen atoms in total. The highest BCUT2D eigenvalue weighted by Gasteiger charge is 2.28. The third-order valence-electron chi connectivity index (χ3n) is 5.41. The normalized spacial score (nSPS) is 24.5. The van der Waals surface area contributed by atoms with Gasteiger partial charge in [0, 0.05) is 24.0 Å². The largest absolute Gasteiger partial charge is 0.388 e. The molecule has 0 aromatic carbocycles. The molecule has 1 aromatic rings. The van der Waals surface area contributed by atoms with Crippen molar-refractivity contribution in [2.45, 2.75) is 63.5 Å². The first-order chi connectivity index (χ1) is 11.7. The third kappa shape index (κ3) is 4.80. The van der Waals surface area contributed by atoms with Crippen LogP contribution in [0.5, 0.6) is 0 Å². The zero-order valence-electron chi connectivity index (χ0n) is 14.5. The van der Waals surface area contributed by atoms with Crippen molar-refractivity contribution in [3.05, 3.63) is 22.4 Å². The molecule has 2 atom stereocenters. The maximum atomic E-state index is 12.7. The van der Waals surface area contributed by atoms with Crippen molar-refractivity contribution in [1.29, 1.82) is 0 Å². The second-order valence-electron chi connectivity index (χ2n) is 7.18. The molecule has 0 saturated carbocycles. The number of hydrogen-bond donors (Lipinski definition) is 1. The van der Waals surface area contributed by atoms with Crippen molar-refractivity contribution in [1.82, 2.24) is 9.80 Å². The van der Waals surface area contributed by atoms with Crippen LogP contribution in [0.1, 0.15) is 62.3 Å². The number of aliphatic hydroxyl groups is 1. The average Bonchev–Trinajstić information content (AvgIpc) is 3.07. The van der Waals surface area contributed by atoms with Gasteiger partial charge in [-0.25, -0.2) is 0 Å². The summed E-state index contributed by atoms with van der Waals surface area (Å²) in [6.45, 7) is 3.37. The van der Waals surface area contributed by atoms with E-state index in [1.807, 2.05) is 22.4 Å². The molecular weight excluding hydrogens is 320 g/mol. The number of carbonyl (C=O) groups is 1. The fraction of sp³-hybridized carbons (Fsp3) is 0.737. The summed E-state index contributed by atoms with van der Waals surface area (Å²) in [5.74, 6) is 0.284. The molecule has 2 unspecified atom stereocenters. The molecule has 0 bridgehead atoms. The van der Waals surface area contributed by atoms with Crippen LogP contribution in [0.4, 0.5) is 0 Å². The molecule has 2 saturated heterocycles. The summed E-state index contributed by atoms with van der Waals surface area (Å²) in [7, 11) is 0. The first-order valence-corrected chi connectivity index (χ1v) is 10.4. The van der Waals surface area contributed by atoms with E-state index in [1.165, 1.54) is 25.7 Å². The Labute approximate surface area is 149 Å². The van der Waals surface area contributed by atoms with Crippen molar-refractivity contribution >= 4 is 17.2 Å². The molecule has 3 heterocycles.